The number of rotatable bonds is 4. The maximum absolute atomic E-state index is 5.70. The SMILES string of the molecule is COc1cc2c(c(C(C)CCN)c1)OCCO2. The summed E-state index contributed by atoms with van der Waals surface area (Å²) in [4.78, 5) is 0. The van der Waals surface area contributed by atoms with Crippen molar-refractivity contribution in [3.8, 4) is 17.2 Å². The highest BCUT2D eigenvalue weighted by Crippen LogP contribution is 2.41. The van der Waals surface area contributed by atoms with Gasteiger partial charge in [-0.1, -0.05) is 6.92 Å². The first-order chi connectivity index (χ1) is 8.26. The summed E-state index contributed by atoms with van der Waals surface area (Å²) in [5.74, 6) is 2.76. The number of fused-ring (bicyclic) bond motifs is 1. The van der Waals surface area contributed by atoms with Crippen molar-refractivity contribution < 1.29 is 14.2 Å². The lowest BCUT2D eigenvalue weighted by Gasteiger charge is -2.24. The van der Waals surface area contributed by atoms with Crippen LogP contribution in [0.3, 0.4) is 0 Å². The molecule has 94 valence electrons. The molecule has 1 atom stereocenters. The summed E-state index contributed by atoms with van der Waals surface area (Å²) < 4.78 is 16.6. The van der Waals surface area contributed by atoms with E-state index in [-0.39, 0.29) is 0 Å². The first-order valence-electron chi connectivity index (χ1n) is 5.94. The molecule has 4 nitrogen and oxygen atoms in total. The van der Waals surface area contributed by atoms with Crippen LogP contribution in [0.1, 0.15) is 24.8 Å². The van der Waals surface area contributed by atoms with Gasteiger partial charge in [0, 0.05) is 11.6 Å². The average Bonchev–Trinajstić information content (AvgIpc) is 2.37. The molecule has 1 aliphatic rings. The lowest BCUT2D eigenvalue weighted by molar-refractivity contribution is 0.168. The summed E-state index contributed by atoms with van der Waals surface area (Å²) in [7, 11) is 1.66. The van der Waals surface area contributed by atoms with Gasteiger partial charge in [0.05, 0.1) is 7.11 Å². The van der Waals surface area contributed by atoms with Crippen molar-refractivity contribution >= 4 is 0 Å². The molecule has 0 fully saturated rings. The van der Waals surface area contributed by atoms with Crippen molar-refractivity contribution in [2.45, 2.75) is 19.3 Å². The van der Waals surface area contributed by atoms with E-state index < -0.39 is 0 Å². The smallest absolute Gasteiger partial charge is 0.165 e. The van der Waals surface area contributed by atoms with E-state index in [1.165, 1.54) is 0 Å². The Hall–Kier alpha value is -1.42. The molecule has 2 rings (SSSR count). The highest BCUT2D eigenvalue weighted by Gasteiger charge is 2.21. The van der Waals surface area contributed by atoms with E-state index in [2.05, 4.69) is 6.92 Å². The van der Waals surface area contributed by atoms with Gasteiger partial charge in [-0.3, -0.25) is 0 Å². The standard InChI is InChI=1S/C13H19NO3/c1-9(3-4-14)11-7-10(15-2)8-12-13(11)17-6-5-16-12/h7-9H,3-6,14H2,1-2H3. The van der Waals surface area contributed by atoms with Gasteiger partial charge in [-0.05, 0) is 24.9 Å². The zero-order valence-corrected chi connectivity index (χ0v) is 10.4. The summed E-state index contributed by atoms with van der Waals surface area (Å²) in [6.45, 7) is 3.99. The number of benzene rings is 1. The molecule has 0 bridgehead atoms. The number of methoxy groups -OCH3 is 1. The molecule has 0 amide bonds. The molecule has 0 saturated heterocycles. The highest BCUT2D eigenvalue weighted by molar-refractivity contribution is 5.53. The molecule has 0 saturated carbocycles. The molecule has 1 unspecified atom stereocenters. The second kappa shape index (κ2) is 5.27. The van der Waals surface area contributed by atoms with Crippen LogP contribution in [0.15, 0.2) is 12.1 Å². The van der Waals surface area contributed by atoms with E-state index in [4.69, 9.17) is 19.9 Å². The fraction of sp³-hybridized carbons (Fsp3) is 0.538. The van der Waals surface area contributed by atoms with Gasteiger partial charge in [0.2, 0.25) is 0 Å². The number of hydrogen-bond acceptors (Lipinski definition) is 4. The van der Waals surface area contributed by atoms with Gasteiger partial charge < -0.3 is 19.9 Å². The Balaban J connectivity index is 2.40. The second-order valence-electron chi connectivity index (χ2n) is 4.22. The predicted molar refractivity (Wildman–Crippen MR) is 66.1 cm³/mol. The number of hydrogen-bond donors (Lipinski definition) is 1. The van der Waals surface area contributed by atoms with Crippen molar-refractivity contribution in [1.29, 1.82) is 0 Å². The average molecular weight is 237 g/mol. The Morgan fingerprint density at radius 2 is 2.12 bits per heavy atom. The molecule has 0 aromatic heterocycles. The molecule has 0 aliphatic carbocycles. The molecule has 0 spiro atoms. The molecule has 1 aromatic carbocycles. The minimum Gasteiger partial charge on any atom is -0.497 e. The van der Waals surface area contributed by atoms with Crippen LogP contribution in [0.5, 0.6) is 17.2 Å². The molecule has 17 heavy (non-hydrogen) atoms. The van der Waals surface area contributed by atoms with Gasteiger partial charge in [0.15, 0.2) is 11.5 Å². The monoisotopic (exact) mass is 237 g/mol. The Morgan fingerprint density at radius 1 is 1.35 bits per heavy atom. The summed E-state index contributed by atoms with van der Waals surface area (Å²) in [6, 6.07) is 3.88. The third-order valence-electron chi connectivity index (χ3n) is 3.01. The minimum absolute atomic E-state index is 0.338. The third-order valence-corrected chi connectivity index (χ3v) is 3.01. The van der Waals surface area contributed by atoms with Gasteiger partial charge >= 0.3 is 0 Å². The molecule has 4 heteroatoms. The molecule has 2 N–H and O–H groups in total. The van der Waals surface area contributed by atoms with Gasteiger partial charge in [-0.25, -0.2) is 0 Å². The zero-order valence-electron chi connectivity index (χ0n) is 10.4. The van der Waals surface area contributed by atoms with E-state index in [0.717, 1.165) is 29.2 Å². The van der Waals surface area contributed by atoms with E-state index in [1.54, 1.807) is 7.11 Å². The van der Waals surface area contributed by atoms with E-state index in [0.29, 0.717) is 25.7 Å². The molecule has 0 radical (unpaired) electrons. The molecule has 1 heterocycles. The highest BCUT2D eigenvalue weighted by atomic mass is 16.6. The van der Waals surface area contributed by atoms with E-state index in [1.807, 2.05) is 12.1 Å². The fourth-order valence-electron chi connectivity index (χ4n) is 2.04. The quantitative estimate of drug-likeness (QED) is 0.869. The van der Waals surface area contributed by atoms with Crippen molar-refractivity contribution in [3.63, 3.8) is 0 Å². The fourth-order valence-corrected chi connectivity index (χ4v) is 2.04. The van der Waals surface area contributed by atoms with Gasteiger partial charge in [0.1, 0.15) is 19.0 Å². The Kier molecular flexibility index (Phi) is 3.74. The predicted octanol–water partition coefficient (Wildman–Crippen LogP) is 1.92. The van der Waals surface area contributed by atoms with E-state index in [9.17, 15) is 0 Å². The third kappa shape index (κ3) is 2.47. The summed E-state index contributed by atoms with van der Waals surface area (Å²) in [5, 5.41) is 0. The molecule has 1 aliphatic heterocycles. The van der Waals surface area contributed by atoms with Crippen LogP contribution in [0, 0.1) is 0 Å². The zero-order chi connectivity index (χ0) is 12.3. The normalized spacial score (nSPS) is 15.5. The van der Waals surface area contributed by atoms with Crippen LogP contribution in [0.4, 0.5) is 0 Å². The van der Waals surface area contributed by atoms with Crippen LogP contribution >= 0.6 is 0 Å². The summed E-state index contributed by atoms with van der Waals surface area (Å²) >= 11 is 0. The van der Waals surface area contributed by atoms with Crippen LogP contribution in [-0.2, 0) is 0 Å². The molecule has 1 aromatic rings. The van der Waals surface area contributed by atoms with Crippen LogP contribution < -0.4 is 19.9 Å². The first kappa shape index (κ1) is 12.0. The maximum Gasteiger partial charge on any atom is 0.165 e. The Morgan fingerprint density at radius 3 is 2.82 bits per heavy atom. The van der Waals surface area contributed by atoms with E-state index >= 15 is 0 Å². The van der Waals surface area contributed by atoms with Crippen molar-refractivity contribution in [2.75, 3.05) is 26.9 Å². The summed E-state index contributed by atoms with van der Waals surface area (Å²) in [5.41, 5.74) is 6.73. The topological polar surface area (TPSA) is 53.7 Å². The van der Waals surface area contributed by atoms with Gasteiger partial charge in [-0.15, -0.1) is 0 Å². The summed E-state index contributed by atoms with van der Waals surface area (Å²) in [6.07, 6.45) is 0.920. The Bertz CT molecular complexity index is 392. The van der Waals surface area contributed by atoms with Crippen LogP contribution in [0.25, 0.3) is 0 Å². The lowest BCUT2D eigenvalue weighted by atomic mass is 9.96. The van der Waals surface area contributed by atoms with Gasteiger partial charge in [-0.2, -0.15) is 0 Å². The van der Waals surface area contributed by atoms with Crippen molar-refractivity contribution in [2.24, 2.45) is 5.73 Å². The van der Waals surface area contributed by atoms with Crippen molar-refractivity contribution in [1.82, 2.24) is 0 Å². The maximum atomic E-state index is 5.70. The number of nitrogens with two attached hydrogens (primary N) is 1. The van der Waals surface area contributed by atoms with Gasteiger partial charge in [0.25, 0.3) is 0 Å². The van der Waals surface area contributed by atoms with Crippen LogP contribution in [-0.4, -0.2) is 26.9 Å². The lowest BCUT2D eigenvalue weighted by Crippen LogP contribution is -2.17. The minimum atomic E-state index is 0.338. The number of ether oxygens (including phenoxy) is 3. The Labute approximate surface area is 102 Å². The first-order valence-corrected chi connectivity index (χ1v) is 5.94. The van der Waals surface area contributed by atoms with Crippen molar-refractivity contribution in [3.05, 3.63) is 17.7 Å². The molecular formula is C13H19NO3. The second-order valence-corrected chi connectivity index (χ2v) is 4.22. The molecular weight excluding hydrogens is 218 g/mol. The van der Waals surface area contributed by atoms with Crippen LogP contribution in [0.2, 0.25) is 0 Å². The largest absolute Gasteiger partial charge is 0.497 e.